The maximum Gasteiger partial charge on any atom is 0.338 e. The quantitative estimate of drug-likeness (QED) is 0.181. The molecule has 216 valence electrons. The number of carbonyl (C=O) groups excluding carboxylic acids is 1. The summed E-state index contributed by atoms with van der Waals surface area (Å²) in [5, 5.41) is 0. The molecule has 0 N–H and O–H groups in total. The number of carbonyl (C=O) groups is 1. The molecule has 42 heavy (non-hydrogen) atoms. The number of hydrogen-bond donors (Lipinski definition) is 0. The molecule has 0 unspecified atom stereocenters. The summed E-state index contributed by atoms with van der Waals surface area (Å²) in [6.45, 7) is 5.87. The number of aryl methyl sites for hydroxylation is 1. The average molecular weight is 699 g/mol. The Bertz CT molecular complexity index is 1880. The molecule has 0 radical (unpaired) electrons. The Morgan fingerprint density at radius 2 is 1.90 bits per heavy atom. The topological polar surface area (TPSA) is 79.1 Å². The van der Waals surface area contributed by atoms with Crippen molar-refractivity contribution in [3.8, 4) is 11.5 Å². The summed E-state index contributed by atoms with van der Waals surface area (Å²) in [5.41, 5.74) is 3.88. The van der Waals surface area contributed by atoms with Gasteiger partial charge in [0.1, 0.15) is 12.4 Å². The second kappa shape index (κ2) is 12.6. The van der Waals surface area contributed by atoms with Gasteiger partial charge in [-0.05, 0) is 90.4 Å². The van der Waals surface area contributed by atoms with Crippen molar-refractivity contribution in [3.63, 3.8) is 0 Å². The lowest BCUT2D eigenvalue weighted by molar-refractivity contribution is -0.139. The molecule has 0 spiro atoms. The van der Waals surface area contributed by atoms with Crippen LogP contribution < -0.4 is 24.4 Å². The van der Waals surface area contributed by atoms with E-state index in [9.17, 15) is 14.0 Å². The van der Waals surface area contributed by atoms with E-state index in [0.717, 1.165) is 20.3 Å². The van der Waals surface area contributed by atoms with Gasteiger partial charge in [0.25, 0.3) is 5.56 Å². The van der Waals surface area contributed by atoms with Crippen LogP contribution in [0, 0.1) is 16.3 Å². The fourth-order valence-corrected chi connectivity index (χ4v) is 6.58. The first-order valence-electron chi connectivity index (χ1n) is 13.2. The molecule has 7 nitrogen and oxygen atoms in total. The lowest BCUT2D eigenvalue weighted by atomic mass is 9.95. The van der Waals surface area contributed by atoms with E-state index in [-0.39, 0.29) is 24.6 Å². The van der Waals surface area contributed by atoms with Gasteiger partial charge in [-0.1, -0.05) is 53.3 Å². The summed E-state index contributed by atoms with van der Waals surface area (Å²) in [4.78, 5) is 32.1. The van der Waals surface area contributed by atoms with E-state index in [1.165, 1.54) is 23.5 Å². The van der Waals surface area contributed by atoms with Crippen molar-refractivity contribution in [3.05, 3.63) is 123 Å². The number of halogens is 2. The highest BCUT2D eigenvalue weighted by molar-refractivity contribution is 14.1. The van der Waals surface area contributed by atoms with Crippen molar-refractivity contribution in [2.45, 2.75) is 33.4 Å². The highest BCUT2D eigenvalue weighted by atomic mass is 127. The van der Waals surface area contributed by atoms with E-state index in [1.807, 2.05) is 37.3 Å². The van der Waals surface area contributed by atoms with Crippen LogP contribution in [0.5, 0.6) is 11.5 Å². The number of nitrogens with zero attached hydrogens (tertiary/aromatic N) is 2. The van der Waals surface area contributed by atoms with Crippen LogP contribution in [-0.4, -0.2) is 24.3 Å². The van der Waals surface area contributed by atoms with Crippen molar-refractivity contribution >= 4 is 46.0 Å². The van der Waals surface area contributed by atoms with E-state index < -0.39 is 12.0 Å². The van der Waals surface area contributed by atoms with Gasteiger partial charge < -0.3 is 14.2 Å². The van der Waals surface area contributed by atoms with Crippen LogP contribution >= 0.6 is 33.9 Å². The molecule has 0 aliphatic carbocycles. The molecule has 1 aromatic heterocycles. The Balaban J connectivity index is 1.57. The maximum absolute atomic E-state index is 13.9. The Hall–Kier alpha value is -3.77. The molecule has 0 amide bonds. The van der Waals surface area contributed by atoms with Crippen LogP contribution in [0.25, 0.3) is 6.08 Å². The SMILES string of the molecule is CCOC(=O)C1=C(C)N=c2s/c(=C/c3cc(I)c(OCc4cccc(F)c4)c(OC)c3)c(=O)n2[C@@H]1c1ccc(C)cc1. The van der Waals surface area contributed by atoms with Gasteiger partial charge in [-0.15, -0.1) is 0 Å². The zero-order chi connectivity index (χ0) is 30.0. The van der Waals surface area contributed by atoms with E-state index in [1.54, 1.807) is 49.8 Å². The summed E-state index contributed by atoms with van der Waals surface area (Å²) in [6, 6.07) is 17.0. The molecule has 4 aromatic rings. The van der Waals surface area contributed by atoms with Gasteiger partial charge in [0.2, 0.25) is 0 Å². The van der Waals surface area contributed by atoms with Gasteiger partial charge in [0.05, 0.1) is 39.1 Å². The minimum absolute atomic E-state index is 0.170. The first-order chi connectivity index (χ1) is 20.2. The Morgan fingerprint density at radius 1 is 1.14 bits per heavy atom. The van der Waals surface area contributed by atoms with Crippen molar-refractivity contribution in [2.75, 3.05) is 13.7 Å². The van der Waals surface area contributed by atoms with Crippen LogP contribution in [0.4, 0.5) is 4.39 Å². The standard InChI is InChI=1S/C32H28FIN2O5S/c1-5-40-31(38)27-19(3)35-32-36(28(27)22-11-9-18(2)10-12-22)30(37)26(42-32)16-21-14-24(34)29(25(15-21)39-4)41-17-20-7-6-8-23(33)13-20/h6-16,28H,5,17H2,1-4H3/b26-16+/t28-/m1/s1. The van der Waals surface area contributed by atoms with Crippen LogP contribution in [0.15, 0.2) is 81.7 Å². The molecule has 10 heteroatoms. The summed E-state index contributed by atoms with van der Waals surface area (Å²) in [5.74, 6) is 0.181. The first-order valence-corrected chi connectivity index (χ1v) is 15.1. The maximum atomic E-state index is 13.9. The number of rotatable bonds is 8. The summed E-state index contributed by atoms with van der Waals surface area (Å²) >= 11 is 3.40. The molecule has 0 saturated heterocycles. The lowest BCUT2D eigenvalue weighted by Gasteiger charge is -2.24. The molecule has 1 aliphatic heterocycles. The van der Waals surface area contributed by atoms with E-state index in [2.05, 4.69) is 27.6 Å². The number of benzene rings is 3. The monoisotopic (exact) mass is 698 g/mol. The number of thiazole rings is 1. The van der Waals surface area contributed by atoms with E-state index >= 15 is 0 Å². The smallest absolute Gasteiger partial charge is 0.338 e. The van der Waals surface area contributed by atoms with Crippen LogP contribution in [-0.2, 0) is 16.1 Å². The third-order valence-corrected chi connectivity index (χ3v) is 8.52. The summed E-state index contributed by atoms with van der Waals surface area (Å²) in [7, 11) is 1.54. The fourth-order valence-electron chi connectivity index (χ4n) is 4.75. The van der Waals surface area contributed by atoms with Crippen LogP contribution in [0.3, 0.4) is 0 Å². The number of methoxy groups -OCH3 is 1. The van der Waals surface area contributed by atoms with Gasteiger partial charge in [0, 0.05) is 0 Å². The zero-order valence-electron chi connectivity index (χ0n) is 23.4. The van der Waals surface area contributed by atoms with E-state index in [0.29, 0.717) is 37.7 Å². The number of esters is 1. The number of allylic oxidation sites excluding steroid dienone is 1. The third kappa shape index (κ3) is 6.05. The molecular weight excluding hydrogens is 670 g/mol. The van der Waals surface area contributed by atoms with Gasteiger partial charge in [0.15, 0.2) is 16.3 Å². The molecule has 1 atom stereocenters. The molecule has 5 rings (SSSR count). The van der Waals surface area contributed by atoms with Crippen molar-refractivity contribution < 1.29 is 23.4 Å². The number of hydrogen-bond acceptors (Lipinski definition) is 7. The number of fused-ring (bicyclic) bond motifs is 1. The molecular formula is C32H28FIN2O5S. The highest BCUT2D eigenvalue weighted by Crippen LogP contribution is 2.35. The van der Waals surface area contributed by atoms with Crippen LogP contribution in [0.1, 0.15) is 42.1 Å². The predicted molar refractivity (Wildman–Crippen MR) is 168 cm³/mol. The second-order valence-corrected chi connectivity index (χ2v) is 11.8. The molecule has 2 heterocycles. The highest BCUT2D eigenvalue weighted by Gasteiger charge is 2.33. The number of aromatic nitrogens is 1. The summed E-state index contributed by atoms with van der Waals surface area (Å²) in [6.07, 6.45) is 1.78. The lowest BCUT2D eigenvalue weighted by Crippen LogP contribution is -2.39. The van der Waals surface area contributed by atoms with Gasteiger partial charge in [-0.3, -0.25) is 9.36 Å². The third-order valence-electron chi connectivity index (χ3n) is 6.73. The van der Waals surface area contributed by atoms with E-state index in [4.69, 9.17) is 14.2 Å². The molecule has 0 fully saturated rings. The largest absolute Gasteiger partial charge is 0.493 e. The van der Waals surface area contributed by atoms with Crippen molar-refractivity contribution in [1.82, 2.24) is 4.57 Å². The molecule has 0 bridgehead atoms. The first kappa shape index (κ1) is 29.7. The predicted octanol–water partition coefficient (Wildman–Crippen LogP) is 5.44. The normalized spacial score (nSPS) is 14.8. The Labute approximate surface area is 259 Å². The van der Waals surface area contributed by atoms with Crippen molar-refractivity contribution in [2.24, 2.45) is 4.99 Å². The second-order valence-electron chi connectivity index (χ2n) is 9.67. The van der Waals surface area contributed by atoms with Crippen LogP contribution in [0.2, 0.25) is 0 Å². The fraction of sp³-hybridized carbons (Fsp3) is 0.219. The molecule has 3 aromatic carbocycles. The zero-order valence-corrected chi connectivity index (χ0v) is 26.4. The average Bonchev–Trinajstić information content (AvgIpc) is 3.26. The molecule has 1 aliphatic rings. The Morgan fingerprint density at radius 3 is 2.60 bits per heavy atom. The van der Waals surface area contributed by atoms with Crippen molar-refractivity contribution in [1.29, 1.82) is 0 Å². The summed E-state index contributed by atoms with van der Waals surface area (Å²) < 4.78 is 33.4. The number of ether oxygens (including phenoxy) is 3. The van der Waals surface area contributed by atoms with Gasteiger partial charge in [-0.25, -0.2) is 14.2 Å². The molecule has 0 saturated carbocycles. The Kier molecular flexibility index (Phi) is 8.93. The minimum atomic E-state index is -0.670. The van der Waals surface area contributed by atoms with Gasteiger partial charge in [-0.2, -0.15) is 0 Å². The van der Waals surface area contributed by atoms with Gasteiger partial charge >= 0.3 is 5.97 Å². The minimum Gasteiger partial charge on any atom is -0.493 e.